The number of para-hydroxylation sites is 1. The second-order valence-corrected chi connectivity index (χ2v) is 8.53. The zero-order chi connectivity index (χ0) is 21.0. The maximum atomic E-state index is 12.9. The molecule has 0 unspecified atom stereocenters. The Kier molecular flexibility index (Phi) is 6.48. The third-order valence-corrected chi connectivity index (χ3v) is 5.62. The van der Waals surface area contributed by atoms with Crippen LogP contribution in [0.25, 0.3) is 11.1 Å². The molecule has 5 nitrogen and oxygen atoms in total. The Balaban J connectivity index is 1.73. The fraction of sp³-hybridized carbons (Fsp3) is 0.458. The van der Waals surface area contributed by atoms with E-state index in [9.17, 15) is 4.79 Å². The van der Waals surface area contributed by atoms with E-state index in [0.717, 1.165) is 37.1 Å². The number of amides is 1. The third-order valence-electron chi connectivity index (χ3n) is 5.62. The number of nitrogens with one attached hydrogen (secondary N) is 1. The van der Waals surface area contributed by atoms with E-state index >= 15 is 0 Å². The van der Waals surface area contributed by atoms with Gasteiger partial charge in [0.2, 0.25) is 0 Å². The van der Waals surface area contributed by atoms with E-state index in [1.807, 2.05) is 42.5 Å². The van der Waals surface area contributed by atoms with Gasteiger partial charge in [-0.1, -0.05) is 24.3 Å². The van der Waals surface area contributed by atoms with Crippen LogP contribution in [0.15, 0.2) is 42.5 Å². The van der Waals surface area contributed by atoms with Crippen molar-refractivity contribution in [2.45, 2.75) is 45.2 Å². The van der Waals surface area contributed by atoms with Gasteiger partial charge in [0.15, 0.2) is 11.5 Å². The van der Waals surface area contributed by atoms with Crippen LogP contribution in [0.2, 0.25) is 0 Å². The SMILES string of the molecule is COc1cccc(-c2cccc(C(=O)NC3CCN(C(C)(C)C)CC3)c2)c1OC. The van der Waals surface area contributed by atoms with E-state index in [-0.39, 0.29) is 17.5 Å². The highest BCUT2D eigenvalue weighted by molar-refractivity contribution is 5.96. The molecule has 156 valence electrons. The van der Waals surface area contributed by atoms with Gasteiger partial charge in [-0.3, -0.25) is 9.69 Å². The fourth-order valence-corrected chi connectivity index (χ4v) is 3.91. The first-order valence-electron chi connectivity index (χ1n) is 10.2. The van der Waals surface area contributed by atoms with Crippen LogP contribution in [0.4, 0.5) is 0 Å². The lowest BCUT2D eigenvalue weighted by atomic mass is 9.97. The molecule has 0 radical (unpaired) electrons. The summed E-state index contributed by atoms with van der Waals surface area (Å²) in [6.45, 7) is 8.74. The van der Waals surface area contributed by atoms with Crippen LogP contribution in [0.5, 0.6) is 11.5 Å². The van der Waals surface area contributed by atoms with Gasteiger partial charge in [-0.05, 0) is 57.4 Å². The number of methoxy groups -OCH3 is 2. The second kappa shape index (κ2) is 8.87. The predicted octanol–water partition coefficient (Wildman–Crippen LogP) is 4.36. The number of piperidine rings is 1. The van der Waals surface area contributed by atoms with Crippen LogP contribution in [0.1, 0.15) is 44.0 Å². The highest BCUT2D eigenvalue weighted by atomic mass is 16.5. The van der Waals surface area contributed by atoms with E-state index in [0.29, 0.717) is 17.1 Å². The summed E-state index contributed by atoms with van der Waals surface area (Å²) >= 11 is 0. The molecule has 0 atom stereocenters. The van der Waals surface area contributed by atoms with Gasteiger partial charge in [-0.25, -0.2) is 0 Å². The molecule has 0 spiro atoms. The maximum absolute atomic E-state index is 12.9. The summed E-state index contributed by atoms with van der Waals surface area (Å²) in [5.41, 5.74) is 2.67. The van der Waals surface area contributed by atoms with Crippen molar-refractivity contribution in [3.63, 3.8) is 0 Å². The van der Waals surface area contributed by atoms with Crippen molar-refractivity contribution in [1.82, 2.24) is 10.2 Å². The monoisotopic (exact) mass is 396 g/mol. The molecule has 1 aliphatic heterocycles. The Labute approximate surface area is 174 Å². The summed E-state index contributed by atoms with van der Waals surface area (Å²) in [4.78, 5) is 15.3. The number of likely N-dealkylation sites (tertiary alicyclic amines) is 1. The molecule has 0 aliphatic carbocycles. The van der Waals surface area contributed by atoms with E-state index in [1.54, 1.807) is 14.2 Å². The predicted molar refractivity (Wildman–Crippen MR) is 117 cm³/mol. The highest BCUT2D eigenvalue weighted by Gasteiger charge is 2.27. The Morgan fingerprint density at radius 1 is 1.03 bits per heavy atom. The van der Waals surface area contributed by atoms with Gasteiger partial charge in [0.05, 0.1) is 14.2 Å². The number of carbonyl (C=O) groups excluding carboxylic acids is 1. The molecule has 1 fully saturated rings. The minimum absolute atomic E-state index is 0.0251. The second-order valence-electron chi connectivity index (χ2n) is 8.53. The number of benzene rings is 2. The number of carbonyl (C=O) groups is 1. The number of hydrogen-bond donors (Lipinski definition) is 1. The molecule has 3 rings (SSSR count). The lowest BCUT2D eigenvalue weighted by Gasteiger charge is -2.41. The summed E-state index contributed by atoms with van der Waals surface area (Å²) in [6.07, 6.45) is 1.96. The summed E-state index contributed by atoms with van der Waals surface area (Å²) < 4.78 is 11.0. The first kappa shape index (κ1) is 21.2. The van der Waals surface area contributed by atoms with Crippen LogP contribution in [0, 0.1) is 0 Å². The quantitative estimate of drug-likeness (QED) is 0.816. The minimum atomic E-state index is -0.0251. The van der Waals surface area contributed by atoms with Crippen molar-refractivity contribution in [3.05, 3.63) is 48.0 Å². The van der Waals surface area contributed by atoms with Crippen molar-refractivity contribution in [2.75, 3.05) is 27.3 Å². The third kappa shape index (κ3) is 4.91. The summed E-state index contributed by atoms with van der Waals surface area (Å²) in [5.74, 6) is 1.32. The van der Waals surface area contributed by atoms with E-state index in [4.69, 9.17) is 9.47 Å². The molecule has 0 saturated carbocycles. The Morgan fingerprint density at radius 2 is 1.72 bits per heavy atom. The van der Waals surface area contributed by atoms with Crippen molar-refractivity contribution >= 4 is 5.91 Å². The molecular weight excluding hydrogens is 364 g/mol. The van der Waals surface area contributed by atoms with Crippen LogP contribution in [-0.2, 0) is 0 Å². The Morgan fingerprint density at radius 3 is 2.34 bits per heavy atom. The van der Waals surface area contributed by atoms with Gasteiger partial charge in [-0.2, -0.15) is 0 Å². The van der Waals surface area contributed by atoms with Crippen LogP contribution < -0.4 is 14.8 Å². The molecule has 0 bridgehead atoms. The van der Waals surface area contributed by atoms with Crippen LogP contribution >= 0.6 is 0 Å². The van der Waals surface area contributed by atoms with E-state index < -0.39 is 0 Å². The van der Waals surface area contributed by atoms with Gasteiger partial charge in [0, 0.05) is 35.8 Å². The first-order valence-corrected chi connectivity index (χ1v) is 10.2. The molecule has 1 heterocycles. The molecule has 5 heteroatoms. The molecule has 2 aromatic carbocycles. The molecular formula is C24H32N2O3. The van der Waals surface area contributed by atoms with Crippen molar-refractivity contribution < 1.29 is 14.3 Å². The highest BCUT2D eigenvalue weighted by Crippen LogP contribution is 2.38. The van der Waals surface area contributed by atoms with Gasteiger partial charge in [0.1, 0.15) is 0 Å². The summed E-state index contributed by atoms with van der Waals surface area (Å²) in [5, 5.41) is 3.22. The molecule has 1 N–H and O–H groups in total. The fourth-order valence-electron chi connectivity index (χ4n) is 3.91. The Hall–Kier alpha value is -2.53. The number of ether oxygens (including phenoxy) is 2. The molecule has 1 amide bonds. The molecule has 29 heavy (non-hydrogen) atoms. The summed E-state index contributed by atoms with van der Waals surface area (Å²) in [7, 11) is 3.25. The smallest absolute Gasteiger partial charge is 0.251 e. The lowest BCUT2D eigenvalue weighted by Crippen LogP contribution is -2.50. The number of nitrogens with zero attached hydrogens (tertiary/aromatic N) is 1. The number of rotatable bonds is 5. The normalized spacial score (nSPS) is 15.8. The van der Waals surface area contributed by atoms with E-state index in [1.165, 1.54) is 0 Å². The van der Waals surface area contributed by atoms with E-state index in [2.05, 4.69) is 31.0 Å². The lowest BCUT2D eigenvalue weighted by molar-refractivity contribution is 0.0812. The largest absolute Gasteiger partial charge is 0.493 e. The van der Waals surface area contributed by atoms with Crippen LogP contribution in [-0.4, -0.2) is 49.7 Å². The molecule has 2 aromatic rings. The molecule has 1 aliphatic rings. The minimum Gasteiger partial charge on any atom is -0.493 e. The van der Waals surface area contributed by atoms with Gasteiger partial charge < -0.3 is 14.8 Å². The van der Waals surface area contributed by atoms with Gasteiger partial charge in [-0.15, -0.1) is 0 Å². The first-order chi connectivity index (χ1) is 13.8. The van der Waals surface area contributed by atoms with Gasteiger partial charge in [0.25, 0.3) is 5.91 Å². The topological polar surface area (TPSA) is 50.8 Å². The van der Waals surface area contributed by atoms with Crippen molar-refractivity contribution in [1.29, 1.82) is 0 Å². The number of hydrogen-bond acceptors (Lipinski definition) is 4. The average Bonchev–Trinajstić information content (AvgIpc) is 2.72. The molecule has 0 aromatic heterocycles. The molecule has 1 saturated heterocycles. The van der Waals surface area contributed by atoms with Crippen LogP contribution in [0.3, 0.4) is 0 Å². The zero-order valence-electron chi connectivity index (χ0n) is 18.1. The van der Waals surface area contributed by atoms with Crippen molar-refractivity contribution in [3.8, 4) is 22.6 Å². The standard InChI is InChI=1S/C24H32N2O3/c1-24(2,3)26-14-12-19(13-15-26)25-23(27)18-9-6-8-17(16-18)20-10-7-11-21(28-4)22(20)29-5/h6-11,16,19H,12-15H2,1-5H3,(H,25,27). The Bertz CT molecular complexity index is 849. The van der Waals surface area contributed by atoms with Crippen molar-refractivity contribution in [2.24, 2.45) is 0 Å². The average molecular weight is 397 g/mol. The van der Waals surface area contributed by atoms with Gasteiger partial charge >= 0.3 is 0 Å². The zero-order valence-corrected chi connectivity index (χ0v) is 18.1. The maximum Gasteiger partial charge on any atom is 0.251 e. The summed E-state index contributed by atoms with van der Waals surface area (Å²) in [6, 6.07) is 13.6.